The quantitative estimate of drug-likeness (QED) is 0.738. The van der Waals surface area contributed by atoms with E-state index in [0.717, 1.165) is 35.2 Å². The SMILES string of the molecule is O=C(Nc1cc(C2CC2)n[nH]1)[C@H]1C[C@H](Oc2cccc3cccnc23)C1. The maximum absolute atomic E-state index is 12.4. The molecule has 2 aliphatic carbocycles. The Morgan fingerprint density at radius 3 is 2.88 bits per heavy atom. The highest BCUT2D eigenvalue weighted by molar-refractivity contribution is 5.92. The molecule has 0 spiro atoms. The fourth-order valence-electron chi connectivity index (χ4n) is 3.45. The van der Waals surface area contributed by atoms with E-state index in [1.807, 2.05) is 36.4 Å². The summed E-state index contributed by atoms with van der Waals surface area (Å²) in [4.78, 5) is 16.8. The van der Waals surface area contributed by atoms with Gasteiger partial charge in [-0.3, -0.25) is 14.9 Å². The Kier molecular flexibility index (Phi) is 3.62. The Bertz CT molecular complexity index is 952. The van der Waals surface area contributed by atoms with Crippen molar-refractivity contribution in [2.45, 2.75) is 37.7 Å². The number of amides is 1. The van der Waals surface area contributed by atoms with Gasteiger partial charge in [0.15, 0.2) is 0 Å². The lowest BCUT2D eigenvalue weighted by Gasteiger charge is -2.34. The van der Waals surface area contributed by atoms with Crippen LogP contribution in [0.25, 0.3) is 10.9 Å². The van der Waals surface area contributed by atoms with Crippen LogP contribution in [0.2, 0.25) is 0 Å². The molecule has 132 valence electrons. The molecule has 2 heterocycles. The molecule has 2 saturated carbocycles. The smallest absolute Gasteiger partial charge is 0.228 e. The van der Waals surface area contributed by atoms with Crippen LogP contribution >= 0.6 is 0 Å². The minimum absolute atomic E-state index is 0.0180. The van der Waals surface area contributed by atoms with Crippen LogP contribution in [0.4, 0.5) is 5.82 Å². The number of hydrogen-bond donors (Lipinski definition) is 2. The summed E-state index contributed by atoms with van der Waals surface area (Å²) in [5.74, 6) is 2.07. The largest absolute Gasteiger partial charge is 0.488 e. The number of benzene rings is 1. The number of aromatic amines is 1. The van der Waals surface area contributed by atoms with E-state index < -0.39 is 0 Å². The molecule has 1 amide bonds. The molecule has 3 aromatic rings. The third kappa shape index (κ3) is 2.92. The molecule has 0 bridgehead atoms. The van der Waals surface area contributed by atoms with Crippen LogP contribution in [0.1, 0.15) is 37.3 Å². The summed E-state index contributed by atoms with van der Waals surface area (Å²) in [5.41, 5.74) is 1.92. The monoisotopic (exact) mass is 348 g/mol. The van der Waals surface area contributed by atoms with Crippen molar-refractivity contribution < 1.29 is 9.53 Å². The lowest BCUT2D eigenvalue weighted by molar-refractivity contribution is -0.125. The topological polar surface area (TPSA) is 79.9 Å². The van der Waals surface area contributed by atoms with Gasteiger partial charge in [0.25, 0.3) is 0 Å². The van der Waals surface area contributed by atoms with Gasteiger partial charge < -0.3 is 10.1 Å². The number of H-pyrrole nitrogens is 1. The van der Waals surface area contributed by atoms with Crippen molar-refractivity contribution in [2.24, 2.45) is 5.92 Å². The number of aromatic nitrogens is 3. The number of rotatable bonds is 5. The van der Waals surface area contributed by atoms with Crippen LogP contribution in [0.5, 0.6) is 5.75 Å². The first-order valence-corrected chi connectivity index (χ1v) is 9.13. The fourth-order valence-corrected chi connectivity index (χ4v) is 3.45. The van der Waals surface area contributed by atoms with Gasteiger partial charge in [-0.15, -0.1) is 0 Å². The third-order valence-corrected chi connectivity index (χ3v) is 5.21. The van der Waals surface area contributed by atoms with Gasteiger partial charge in [0, 0.05) is 29.5 Å². The van der Waals surface area contributed by atoms with Crippen molar-refractivity contribution >= 4 is 22.6 Å². The predicted octanol–water partition coefficient (Wildman–Crippen LogP) is 3.63. The van der Waals surface area contributed by atoms with Gasteiger partial charge in [-0.05, 0) is 37.8 Å². The first-order valence-electron chi connectivity index (χ1n) is 9.13. The predicted molar refractivity (Wildman–Crippen MR) is 98.1 cm³/mol. The van der Waals surface area contributed by atoms with Gasteiger partial charge in [0.1, 0.15) is 23.2 Å². The summed E-state index contributed by atoms with van der Waals surface area (Å²) < 4.78 is 6.08. The van der Waals surface area contributed by atoms with E-state index in [1.54, 1.807) is 6.20 Å². The zero-order valence-corrected chi connectivity index (χ0v) is 14.3. The molecule has 0 saturated heterocycles. The summed E-state index contributed by atoms with van der Waals surface area (Å²) in [7, 11) is 0. The lowest BCUT2D eigenvalue weighted by atomic mass is 9.81. The van der Waals surface area contributed by atoms with Gasteiger partial charge in [-0.25, -0.2) is 0 Å². The zero-order valence-electron chi connectivity index (χ0n) is 14.3. The second-order valence-corrected chi connectivity index (χ2v) is 7.21. The highest BCUT2D eigenvalue weighted by Crippen LogP contribution is 2.40. The minimum atomic E-state index is -0.0180. The molecule has 2 aromatic heterocycles. The Balaban J connectivity index is 1.18. The van der Waals surface area contributed by atoms with Gasteiger partial charge in [0.05, 0.1) is 5.69 Å². The molecule has 0 aliphatic heterocycles. The molecule has 0 unspecified atom stereocenters. The van der Waals surface area contributed by atoms with Crippen LogP contribution < -0.4 is 10.1 Å². The molecular formula is C20H20N4O2. The third-order valence-electron chi connectivity index (χ3n) is 5.21. The fraction of sp³-hybridized carbons (Fsp3) is 0.350. The summed E-state index contributed by atoms with van der Waals surface area (Å²) in [6.45, 7) is 0. The van der Waals surface area contributed by atoms with Crippen molar-refractivity contribution in [1.29, 1.82) is 0 Å². The van der Waals surface area contributed by atoms with E-state index in [0.29, 0.717) is 11.7 Å². The molecule has 2 N–H and O–H groups in total. The number of nitrogens with zero attached hydrogens (tertiary/aromatic N) is 2. The number of fused-ring (bicyclic) bond motifs is 1. The average molecular weight is 348 g/mol. The highest BCUT2D eigenvalue weighted by atomic mass is 16.5. The van der Waals surface area contributed by atoms with Crippen LogP contribution in [-0.4, -0.2) is 27.2 Å². The van der Waals surface area contributed by atoms with Crippen molar-refractivity contribution in [2.75, 3.05) is 5.32 Å². The van der Waals surface area contributed by atoms with Gasteiger partial charge in [0.2, 0.25) is 5.91 Å². The summed E-state index contributed by atoms with van der Waals surface area (Å²) in [6, 6.07) is 11.8. The normalized spacial score (nSPS) is 22.0. The Hall–Kier alpha value is -2.89. The second-order valence-electron chi connectivity index (χ2n) is 7.21. The van der Waals surface area contributed by atoms with E-state index in [-0.39, 0.29) is 17.9 Å². The summed E-state index contributed by atoms with van der Waals surface area (Å²) >= 11 is 0. The number of anilines is 1. The molecule has 6 nitrogen and oxygen atoms in total. The minimum Gasteiger partial charge on any atom is -0.488 e. The Morgan fingerprint density at radius 1 is 1.19 bits per heavy atom. The number of carbonyl (C=O) groups excluding carboxylic acids is 1. The number of ether oxygens (including phenoxy) is 1. The van der Waals surface area contributed by atoms with E-state index in [2.05, 4.69) is 20.5 Å². The van der Waals surface area contributed by atoms with Crippen LogP contribution in [0.15, 0.2) is 42.6 Å². The average Bonchev–Trinajstić information content (AvgIpc) is 3.37. The number of nitrogens with one attached hydrogen (secondary N) is 2. The number of carbonyl (C=O) groups is 1. The number of para-hydroxylation sites is 1. The van der Waals surface area contributed by atoms with Crippen LogP contribution in [-0.2, 0) is 4.79 Å². The first kappa shape index (κ1) is 15.4. The van der Waals surface area contributed by atoms with Crippen molar-refractivity contribution in [3.05, 3.63) is 48.3 Å². The number of hydrogen-bond acceptors (Lipinski definition) is 4. The van der Waals surface area contributed by atoms with Gasteiger partial charge >= 0.3 is 0 Å². The zero-order chi connectivity index (χ0) is 17.5. The van der Waals surface area contributed by atoms with E-state index in [4.69, 9.17) is 4.74 Å². The van der Waals surface area contributed by atoms with Crippen molar-refractivity contribution in [3.8, 4) is 5.75 Å². The molecule has 2 fully saturated rings. The standard InChI is InChI=1S/C20H20N4O2/c25-20(22-18-11-16(23-24-18)12-6-7-12)14-9-15(10-14)26-17-5-1-3-13-4-2-8-21-19(13)17/h1-5,8,11-12,14-15H,6-7,9-10H2,(H2,22,23,24,25)/t14-,15-. The van der Waals surface area contributed by atoms with Crippen molar-refractivity contribution in [1.82, 2.24) is 15.2 Å². The highest BCUT2D eigenvalue weighted by Gasteiger charge is 2.36. The van der Waals surface area contributed by atoms with E-state index in [9.17, 15) is 4.79 Å². The van der Waals surface area contributed by atoms with Gasteiger partial charge in [-0.1, -0.05) is 18.2 Å². The van der Waals surface area contributed by atoms with E-state index >= 15 is 0 Å². The molecule has 6 heteroatoms. The number of pyridine rings is 1. The van der Waals surface area contributed by atoms with Gasteiger partial charge in [-0.2, -0.15) is 5.10 Å². The Labute approximate surface area is 151 Å². The molecule has 0 atom stereocenters. The summed E-state index contributed by atoms with van der Waals surface area (Å²) in [5, 5.41) is 11.2. The maximum atomic E-state index is 12.4. The maximum Gasteiger partial charge on any atom is 0.228 e. The molecule has 5 rings (SSSR count). The first-order chi connectivity index (χ1) is 12.8. The second kappa shape index (κ2) is 6.12. The molecule has 2 aliphatic rings. The van der Waals surface area contributed by atoms with E-state index in [1.165, 1.54) is 12.8 Å². The molecule has 26 heavy (non-hydrogen) atoms. The molecule has 0 radical (unpaired) electrons. The molecular weight excluding hydrogens is 328 g/mol. The van der Waals surface area contributed by atoms with Crippen LogP contribution in [0, 0.1) is 5.92 Å². The van der Waals surface area contributed by atoms with Crippen LogP contribution in [0.3, 0.4) is 0 Å². The lowest BCUT2D eigenvalue weighted by Crippen LogP contribution is -2.40. The summed E-state index contributed by atoms with van der Waals surface area (Å²) in [6.07, 6.45) is 5.66. The molecule has 1 aromatic carbocycles. The Morgan fingerprint density at radius 2 is 2.04 bits per heavy atom. The van der Waals surface area contributed by atoms with Crippen molar-refractivity contribution in [3.63, 3.8) is 0 Å².